The van der Waals surface area contributed by atoms with Gasteiger partial charge in [-0.3, -0.25) is 14.5 Å². The number of fused-ring (bicyclic) bond motifs is 1. The van der Waals surface area contributed by atoms with E-state index in [0.717, 1.165) is 23.3 Å². The number of nitrogens with one attached hydrogen (secondary N) is 2. The average molecular weight is 534 g/mol. The molecular formula is C27H43N5O6. The number of imidazole rings is 1. The number of rotatable bonds is 7. The molecule has 1 aliphatic heterocycles. The molecule has 0 aliphatic carbocycles. The first kappa shape index (κ1) is 30.0. The molecule has 2 amide bonds. The number of aliphatic hydroxyl groups is 3. The molecule has 0 spiro atoms. The van der Waals surface area contributed by atoms with Gasteiger partial charge in [0.25, 0.3) is 0 Å². The Kier molecular flexibility index (Phi) is 11.9. The van der Waals surface area contributed by atoms with Gasteiger partial charge in [0.05, 0.1) is 24.2 Å². The van der Waals surface area contributed by atoms with Gasteiger partial charge in [0.15, 0.2) is 0 Å². The van der Waals surface area contributed by atoms with Crippen LogP contribution in [0.5, 0.6) is 0 Å². The summed E-state index contributed by atoms with van der Waals surface area (Å²) in [6, 6.07) is 7.79. The monoisotopic (exact) mass is 533 g/mol. The van der Waals surface area contributed by atoms with Crippen molar-refractivity contribution in [2.75, 3.05) is 52.5 Å². The van der Waals surface area contributed by atoms with Gasteiger partial charge in [0.2, 0.25) is 11.8 Å². The van der Waals surface area contributed by atoms with Gasteiger partial charge in [-0.15, -0.1) is 0 Å². The molecule has 0 saturated carbocycles. The molecule has 0 bridgehead atoms. The number of nitrogens with zero attached hydrogens (tertiary/aromatic N) is 3. The molecule has 0 radical (unpaired) electrons. The van der Waals surface area contributed by atoms with Crippen LogP contribution in [0.15, 0.2) is 24.3 Å². The number of carbonyl (C=O) groups excluding carboxylic acids is 2. The molecule has 3 atom stereocenters. The molecular weight excluding hydrogens is 490 g/mol. The topological polar surface area (TPSA) is 151 Å². The highest BCUT2D eigenvalue weighted by Gasteiger charge is 2.29. The Morgan fingerprint density at radius 1 is 1.13 bits per heavy atom. The van der Waals surface area contributed by atoms with E-state index in [2.05, 4.69) is 15.3 Å². The first-order valence-corrected chi connectivity index (χ1v) is 13.5. The second kappa shape index (κ2) is 15.1. The van der Waals surface area contributed by atoms with Crippen LogP contribution < -0.4 is 5.32 Å². The molecule has 0 unspecified atom stereocenters. The number of ether oxygens (including phenoxy) is 1. The fourth-order valence-corrected chi connectivity index (χ4v) is 4.46. The van der Waals surface area contributed by atoms with Crippen LogP contribution in [0.4, 0.5) is 0 Å². The van der Waals surface area contributed by atoms with Gasteiger partial charge in [-0.05, 0) is 37.4 Å². The molecule has 1 aliphatic rings. The fraction of sp³-hybridized carbons (Fsp3) is 0.667. The van der Waals surface area contributed by atoms with Crippen molar-refractivity contribution < 1.29 is 29.6 Å². The van der Waals surface area contributed by atoms with Crippen molar-refractivity contribution in [2.24, 2.45) is 5.92 Å². The zero-order valence-electron chi connectivity index (χ0n) is 22.5. The third-order valence-electron chi connectivity index (χ3n) is 6.61. The minimum atomic E-state index is -1.43. The standard InChI is InChI=1S/C27H43N5O6/c1-19(2)15-26(36)32-13-12-31(11-5-6-14-38-18-23(34)27(37)22(33)16-32)17-25(35)28-10-9-24-29-20-7-3-4-8-21(20)30-24/h3-4,7-8,19,22-23,27,33-34,37H,5-6,9-18H2,1-2H3,(H,28,35)(H,29,30)/t22-,23+,27+/m0/s1. The Labute approximate surface area is 224 Å². The van der Waals surface area contributed by atoms with Gasteiger partial charge in [0, 0.05) is 45.6 Å². The largest absolute Gasteiger partial charge is 0.388 e. The Morgan fingerprint density at radius 3 is 2.68 bits per heavy atom. The lowest BCUT2D eigenvalue weighted by Gasteiger charge is -2.32. The van der Waals surface area contributed by atoms with E-state index in [4.69, 9.17) is 4.74 Å². The van der Waals surface area contributed by atoms with Gasteiger partial charge >= 0.3 is 0 Å². The summed E-state index contributed by atoms with van der Waals surface area (Å²) in [5.74, 6) is 0.691. The SMILES string of the molecule is CC(C)CC(=O)N1CCN(CC(=O)NCCc2nc3ccccc3[nH]2)CCCCOC[C@@H](O)[C@H](O)[C@@H](O)C1. The molecule has 212 valence electrons. The Morgan fingerprint density at radius 2 is 1.92 bits per heavy atom. The molecule has 11 heteroatoms. The highest BCUT2D eigenvalue weighted by molar-refractivity contribution is 5.78. The van der Waals surface area contributed by atoms with E-state index in [0.29, 0.717) is 52.0 Å². The number of H-pyrrole nitrogens is 1. The Balaban J connectivity index is 1.58. The second-order valence-electron chi connectivity index (χ2n) is 10.4. The summed E-state index contributed by atoms with van der Waals surface area (Å²) < 4.78 is 5.46. The summed E-state index contributed by atoms with van der Waals surface area (Å²) in [4.78, 5) is 37.0. The van der Waals surface area contributed by atoms with Crippen LogP contribution >= 0.6 is 0 Å². The van der Waals surface area contributed by atoms with Crippen LogP contribution in [0.2, 0.25) is 0 Å². The highest BCUT2D eigenvalue weighted by atomic mass is 16.5. The zero-order valence-corrected chi connectivity index (χ0v) is 22.5. The molecule has 3 rings (SSSR count). The van der Waals surface area contributed by atoms with Gasteiger partial charge in [-0.25, -0.2) is 4.98 Å². The minimum Gasteiger partial charge on any atom is -0.388 e. The molecule has 1 aromatic carbocycles. The molecule has 2 aromatic rings. The summed E-state index contributed by atoms with van der Waals surface area (Å²) in [6.45, 7) is 6.07. The Hall–Kier alpha value is -2.57. The lowest BCUT2D eigenvalue weighted by atomic mass is 10.1. The van der Waals surface area contributed by atoms with E-state index in [1.165, 1.54) is 4.90 Å². The normalized spacial score (nSPS) is 22.9. The number of aromatic nitrogens is 2. The second-order valence-corrected chi connectivity index (χ2v) is 10.4. The minimum absolute atomic E-state index is 0.102. The Bertz CT molecular complexity index is 982. The first-order chi connectivity index (χ1) is 18.2. The van der Waals surface area contributed by atoms with Crippen molar-refractivity contribution >= 4 is 22.8 Å². The smallest absolute Gasteiger partial charge is 0.234 e. The number of aromatic amines is 1. The number of hydrogen-bond acceptors (Lipinski definition) is 8. The summed E-state index contributed by atoms with van der Waals surface area (Å²) in [5, 5.41) is 34.0. The lowest BCUT2D eigenvalue weighted by molar-refractivity contribution is -0.137. The maximum absolute atomic E-state index is 12.9. The first-order valence-electron chi connectivity index (χ1n) is 13.5. The maximum atomic E-state index is 12.9. The molecule has 5 N–H and O–H groups in total. The predicted molar refractivity (Wildman–Crippen MR) is 143 cm³/mol. The third kappa shape index (κ3) is 9.63. The van der Waals surface area contributed by atoms with E-state index in [1.54, 1.807) is 0 Å². The van der Waals surface area contributed by atoms with Gasteiger partial charge < -0.3 is 35.3 Å². The number of aliphatic hydroxyl groups excluding tert-OH is 3. The van der Waals surface area contributed by atoms with Gasteiger partial charge in [-0.2, -0.15) is 0 Å². The zero-order chi connectivity index (χ0) is 27.5. The van der Waals surface area contributed by atoms with Crippen LogP contribution in [0.25, 0.3) is 11.0 Å². The van der Waals surface area contributed by atoms with E-state index in [1.807, 2.05) is 43.0 Å². The third-order valence-corrected chi connectivity index (χ3v) is 6.61. The summed E-state index contributed by atoms with van der Waals surface area (Å²) in [7, 11) is 0. The quantitative estimate of drug-likeness (QED) is 0.341. The van der Waals surface area contributed by atoms with Crippen LogP contribution in [0.3, 0.4) is 0 Å². The summed E-state index contributed by atoms with van der Waals surface area (Å²) in [5.41, 5.74) is 1.86. The van der Waals surface area contributed by atoms with Crippen molar-refractivity contribution in [3.63, 3.8) is 0 Å². The van der Waals surface area contributed by atoms with Gasteiger partial charge in [-0.1, -0.05) is 26.0 Å². The van der Waals surface area contributed by atoms with E-state index >= 15 is 0 Å². The van der Waals surface area contributed by atoms with Crippen molar-refractivity contribution in [1.29, 1.82) is 0 Å². The fourth-order valence-electron chi connectivity index (χ4n) is 4.46. The predicted octanol–water partition coefficient (Wildman–Crippen LogP) is 0.291. The van der Waals surface area contributed by atoms with Crippen molar-refractivity contribution in [1.82, 2.24) is 25.1 Å². The van der Waals surface area contributed by atoms with Crippen LogP contribution in [0.1, 0.15) is 38.9 Å². The molecule has 38 heavy (non-hydrogen) atoms. The summed E-state index contributed by atoms with van der Waals surface area (Å²) in [6.07, 6.45) is -1.62. The van der Waals surface area contributed by atoms with Crippen molar-refractivity contribution in [2.45, 2.75) is 57.8 Å². The maximum Gasteiger partial charge on any atom is 0.234 e. The average Bonchev–Trinajstić information content (AvgIpc) is 3.29. The van der Waals surface area contributed by atoms with E-state index < -0.39 is 18.3 Å². The highest BCUT2D eigenvalue weighted by Crippen LogP contribution is 2.12. The number of hydrogen-bond donors (Lipinski definition) is 5. The number of β-amino-alcohol motifs (C(OH)–C–C–N with tert-alkyl or cyclic N) is 1. The van der Waals surface area contributed by atoms with Crippen molar-refractivity contribution in [3.05, 3.63) is 30.1 Å². The molecule has 2 heterocycles. The van der Waals surface area contributed by atoms with Crippen LogP contribution in [0, 0.1) is 5.92 Å². The van der Waals surface area contributed by atoms with Crippen LogP contribution in [-0.2, 0) is 20.7 Å². The van der Waals surface area contributed by atoms with E-state index in [9.17, 15) is 24.9 Å². The lowest BCUT2D eigenvalue weighted by Crippen LogP contribution is -2.50. The summed E-state index contributed by atoms with van der Waals surface area (Å²) >= 11 is 0. The van der Waals surface area contributed by atoms with Crippen LogP contribution in [-0.4, -0.2) is 118 Å². The molecule has 11 nitrogen and oxygen atoms in total. The number of para-hydroxylation sites is 2. The van der Waals surface area contributed by atoms with Gasteiger partial charge in [0.1, 0.15) is 24.1 Å². The molecule has 1 fully saturated rings. The number of carbonyl (C=O) groups is 2. The van der Waals surface area contributed by atoms with E-state index in [-0.39, 0.29) is 37.4 Å². The molecule has 1 saturated heterocycles. The molecule has 1 aromatic heterocycles. The number of benzene rings is 1. The van der Waals surface area contributed by atoms with Crippen molar-refractivity contribution in [3.8, 4) is 0 Å². The number of amides is 2.